The summed E-state index contributed by atoms with van der Waals surface area (Å²) < 4.78 is 1.65. The number of para-hydroxylation sites is 2. The number of aryl methyl sites for hydroxylation is 1. The first-order valence-electron chi connectivity index (χ1n) is 9.36. The molecule has 0 unspecified atom stereocenters. The molecule has 2 aromatic heterocycles. The molecule has 0 aliphatic heterocycles. The number of carbonyl (C=O) groups is 2. The summed E-state index contributed by atoms with van der Waals surface area (Å²) >= 11 is 1.31. The van der Waals surface area contributed by atoms with E-state index >= 15 is 0 Å². The molecule has 8 heteroatoms. The van der Waals surface area contributed by atoms with Crippen LogP contribution in [0.2, 0.25) is 0 Å². The van der Waals surface area contributed by atoms with Crippen LogP contribution < -0.4 is 5.32 Å². The molecule has 7 nitrogen and oxygen atoms in total. The van der Waals surface area contributed by atoms with Crippen molar-refractivity contribution in [2.45, 2.75) is 18.4 Å². The summed E-state index contributed by atoms with van der Waals surface area (Å²) in [6.07, 6.45) is 1.27. The first-order chi connectivity index (χ1) is 14.6. The number of aromatic nitrogens is 4. The number of amides is 1. The lowest BCUT2D eigenvalue weighted by atomic mass is 10.2. The van der Waals surface area contributed by atoms with Crippen LogP contribution in [0.1, 0.15) is 12.1 Å². The van der Waals surface area contributed by atoms with E-state index in [2.05, 4.69) is 20.4 Å². The van der Waals surface area contributed by atoms with Gasteiger partial charge < -0.3 is 5.32 Å². The van der Waals surface area contributed by atoms with Crippen LogP contribution in [0.15, 0.2) is 72.0 Å². The number of benzene rings is 2. The number of thioether (sulfide) groups is 1. The Labute approximate surface area is 177 Å². The predicted octanol–water partition coefficient (Wildman–Crippen LogP) is 3.81. The van der Waals surface area contributed by atoms with E-state index < -0.39 is 0 Å². The highest BCUT2D eigenvalue weighted by atomic mass is 32.2. The fourth-order valence-electron chi connectivity index (χ4n) is 3.02. The van der Waals surface area contributed by atoms with Crippen LogP contribution in [0, 0.1) is 6.92 Å². The van der Waals surface area contributed by atoms with Gasteiger partial charge >= 0.3 is 0 Å². The second-order valence-corrected chi connectivity index (χ2v) is 7.63. The SMILES string of the molecule is Cc1cc(NC(=O)CC(=O)CSc2ncnc3ccccc23)n(-c2ccccc2)n1. The lowest BCUT2D eigenvalue weighted by Gasteiger charge is -2.09. The van der Waals surface area contributed by atoms with Crippen LogP contribution >= 0.6 is 11.8 Å². The normalized spacial score (nSPS) is 10.8. The molecule has 1 N–H and O–H groups in total. The average Bonchev–Trinajstić information content (AvgIpc) is 3.12. The Hall–Kier alpha value is -3.52. The van der Waals surface area contributed by atoms with Crippen molar-refractivity contribution in [3.63, 3.8) is 0 Å². The van der Waals surface area contributed by atoms with Crippen molar-refractivity contribution in [1.29, 1.82) is 0 Å². The van der Waals surface area contributed by atoms with Crippen molar-refractivity contribution in [3.05, 3.63) is 72.7 Å². The third-order valence-electron chi connectivity index (χ3n) is 4.33. The largest absolute Gasteiger partial charge is 0.310 e. The lowest BCUT2D eigenvalue weighted by molar-refractivity contribution is -0.124. The summed E-state index contributed by atoms with van der Waals surface area (Å²) in [6, 6.07) is 18.9. The second kappa shape index (κ2) is 8.87. The van der Waals surface area contributed by atoms with Gasteiger partial charge in [-0.25, -0.2) is 14.6 Å². The highest BCUT2D eigenvalue weighted by Gasteiger charge is 2.15. The summed E-state index contributed by atoms with van der Waals surface area (Å²) in [7, 11) is 0. The topological polar surface area (TPSA) is 89.8 Å². The van der Waals surface area contributed by atoms with Gasteiger partial charge in [-0.15, -0.1) is 0 Å². The van der Waals surface area contributed by atoms with Crippen molar-refractivity contribution in [2.24, 2.45) is 0 Å². The van der Waals surface area contributed by atoms with Gasteiger partial charge in [0.2, 0.25) is 5.91 Å². The standard InChI is InChI=1S/C22H19N5O2S/c1-15-11-20(27(26-15)16-7-3-2-4-8-16)25-21(29)12-17(28)13-30-22-18-9-5-6-10-19(18)23-14-24-22/h2-11,14H,12-13H2,1H3,(H,25,29). The molecule has 30 heavy (non-hydrogen) atoms. The minimum atomic E-state index is -0.370. The van der Waals surface area contributed by atoms with Crippen molar-refractivity contribution in [2.75, 3.05) is 11.1 Å². The number of nitrogens with one attached hydrogen (secondary N) is 1. The van der Waals surface area contributed by atoms with E-state index in [-0.39, 0.29) is 23.9 Å². The van der Waals surface area contributed by atoms with Crippen molar-refractivity contribution < 1.29 is 9.59 Å². The molecule has 0 saturated heterocycles. The van der Waals surface area contributed by atoms with E-state index in [1.807, 2.05) is 61.5 Å². The summed E-state index contributed by atoms with van der Waals surface area (Å²) in [5.74, 6) is 0.143. The van der Waals surface area contributed by atoms with Crippen LogP contribution in [-0.2, 0) is 9.59 Å². The van der Waals surface area contributed by atoms with Gasteiger partial charge in [-0.3, -0.25) is 9.59 Å². The number of hydrogen-bond acceptors (Lipinski definition) is 6. The van der Waals surface area contributed by atoms with E-state index in [1.54, 1.807) is 10.7 Å². The molecule has 4 rings (SSSR count). The Morgan fingerprint density at radius 3 is 2.63 bits per heavy atom. The quantitative estimate of drug-likeness (QED) is 0.279. The van der Waals surface area contributed by atoms with Crippen LogP contribution in [0.5, 0.6) is 0 Å². The summed E-state index contributed by atoms with van der Waals surface area (Å²) in [6.45, 7) is 1.85. The van der Waals surface area contributed by atoms with E-state index in [0.29, 0.717) is 5.82 Å². The minimum absolute atomic E-state index is 0.158. The minimum Gasteiger partial charge on any atom is -0.310 e. The molecule has 0 radical (unpaired) electrons. The van der Waals surface area contributed by atoms with Gasteiger partial charge in [0, 0.05) is 11.5 Å². The number of hydrogen-bond donors (Lipinski definition) is 1. The Morgan fingerprint density at radius 2 is 1.80 bits per heavy atom. The Morgan fingerprint density at radius 1 is 1.03 bits per heavy atom. The fraction of sp³-hybridized carbons (Fsp3) is 0.136. The highest BCUT2D eigenvalue weighted by Crippen LogP contribution is 2.24. The maximum atomic E-state index is 12.4. The van der Waals surface area contributed by atoms with Gasteiger partial charge in [-0.2, -0.15) is 5.10 Å². The van der Waals surface area contributed by atoms with Crippen LogP contribution in [-0.4, -0.2) is 37.2 Å². The maximum Gasteiger partial charge on any atom is 0.233 e. The molecule has 4 aromatic rings. The molecule has 0 spiro atoms. The molecule has 1 amide bonds. The molecule has 2 aromatic carbocycles. The Bertz CT molecular complexity index is 1200. The molecule has 0 aliphatic rings. The van der Waals surface area contributed by atoms with Crippen molar-refractivity contribution in [1.82, 2.24) is 19.7 Å². The maximum absolute atomic E-state index is 12.4. The molecule has 0 fully saturated rings. The summed E-state index contributed by atoms with van der Waals surface area (Å²) in [5.41, 5.74) is 2.43. The van der Waals surface area contributed by atoms with Gasteiger partial charge in [0.05, 0.1) is 29.1 Å². The number of rotatable bonds is 7. The van der Waals surface area contributed by atoms with Gasteiger partial charge in [-0.05, 0) is 25.1 Å². The van der Waals surface area contributed by atoms with Crippen LogP contribution in [0.25, 0.3) is 16.6 Å². The molecule has 0 saturated carbocycles. The third-order valence-corrected chi connectivity index (χ3v) is 5.40. The zero-order valence-corrected chi connectivity index (χ0v) is 17.1. The number of nitrogens with zero attached hydrogens (tertiary/aromatic N) is 4. The smallest absolute Gasteiger partial charge is 0.233 e. The Kier molecular flexibility index (Phi) is 5.85. The second-order valence-electron chi connectivity index (χ2n) is 6.67. The van der Waals surface area contributed by atoms with E-state index in [9.17, 15) is 9.59 Å². The van der Waals surface area contributed by atoms with E-state index in [0.717, 1.165) is 27.3 Å². The van der Waals surface area contributed by atoms with Gasteiger partial charge in [0.1, 0.15) is 17.2 Å². The molecule has 2 heterocycles. The molecule has 0 aliphatic carbocycles. The molecular weight excluding hydrogens is 398 g/mol. The van der Waals surface area contributed by atoms with Crippen LogP contribution in [0.4, 0.5) is 5.82 Å². The Balaban J connectivity index is 1.38. The molecule has 150 valence electrons. The summed E-state index contributed by atoms with van der Waals surface area (Å²) in [4.78, 5) is 33.3. The first-order valence-corrected chi connectivity index (χ1v) is 10.3. The fourth-order valence-corrected chi connectivity index (χ4v) is 3.87. The van der Waals surface area contributed by atoms with E-state index in [4.69, 9.17) is 0 Å². The third kappa shape index (κ3) is 4.55. The van der Waals surface area contributed by atoms with Gasteiger partial charge in [0.25, 0.3) is 0 Å². The van der Waals surface area contributed by atoms with E-state index in [1.165, 1.54) is 18.1 Å². The monoisotopic (exact) mass is 417 g/mol. The van der Waals surface area contributed by atoms with Gasteiger partial charge in [-0.1, -0.05) is 48.2 Å². The summed E-state index contributed by atoms with van der Waals surface area (Å²) in [5, 5.41) is 8.83. The van der Waals surface area contributed by atoms with Gasteiger partial charge in [0.15, 0.2) is 5.78 Å². The zero-order chi connectivity index (χ0) is 20.9. The number of carbonyl (C=O) groups excluding carboxylic acids is 2. The number of ketones is 1. The first kappa shape index (κ1) is 19.8. The molecule has 0 bridgehead atoms. The zero-order valence-electron chi connectivity index (χ0n) is 16.3. The number of fused-ring (bicyclic) bond motifs is 1. The van der Waals surface area contributed by atoms with Crippen molar-refractivity contribution in [3.8, 4) is 5.69 Å². The van der Waals surface area contributed by atoms with Crippen molar-refractivity contribution >= 4 is 40.2 Å². The predicted molar refractivity (Wildman–Crippen MR) is 117 cm³/mol. The number of anilines is 1. The van der Waals surface area contributed by atoms with Crippen LogP contribution in [0.3, 0.4) is 0 Å². The highest BCUT2D eigenvalue weighted by molar-refractivity contribution is 8.00. The molecule has 0 atom stereocenters. The molecular formula is C22H19N5O2S. The average molecular weight is 417 g/mol. The number of Topliss-reactive ketones (excluding diaryl/α,β-unsaturated/α-hetero) is 1. The lowest BCUT2D eigenvalue weighted by Crippen LogP contribution is -2.19.